The summed E-state index contributed by atoms with van der Waals surface area (Å²) in [4.78, 5) is 20.9. The minimum absolute atomic E-state index is 0.0775. The van der Waals surface area contributed by atoms with Crippen molar-refractivity contribution in [2.45, 2.75) is 13.8 Å². The fourth-order valence-corrected chi connectivity index (χ4v) is 0.327. The molecule has 0 atom stereocenters. The monoisotopic (exact) mass is 159 g/mol. The van der Waals surface area contributed by atoms with Crippen LogP contribution in [0, 0.1) is 0 Å². The van der Waals surface area contributed by atoms with Gasteiger partial charge in [-0.1, -0.05) is 5.16 Å². The molecule has 1 N–H and O–H groups in total. The van der Waals surface area contributed by atoms with Crippen LogP contribution in [0.5, 0.6) is 0 Å². The predicted molar refractivity (Wildman–Crippen MR) is 36.5 cm³/mol. The van der Waals surface area contributed by atoms with Crippen LogP contribution in [0.1, 0.15) is 13.8 Å². The van der Waals surface area contributed by atoms with E-state index in [0.29, 0.717) is 0 Å². The Morgan fingerprint density at radius 1 is 1.45 bits per heavy atom. The van der Waals surface area contributed by atoms with Crippen molar-refractivity contribution in [3.63, 3.8) is 0 Å². The maximum atomic E-state index is 10.7. The standard InChI is InChI=1S/C6H9NO4/c1-4(7-10)6(9)3-11-5(2)8/h10H,3H2,1-2H3. The molecule has 0 aromatic heterocycles. The highest BCUT2D eigenvalue weighted by atomic mass is 16.5. The number of hydrogen-bond donors (Lipinski definition) is 1. The number of carbonyl (C=O) groups is 2. The highest BCUT2D eigenvalue weighted by Crippen LogP contribution is 1.83. The van der Waals surface area contributed by atoms with Crippen LogP contribution in [0.3, 0.4) is 0 Å². The van der Waals surface area contributed by atoms with E-state index in [0.717, 1.165) is 0 Å². The normalized spacial score (nSPS) is 10.9. The summed E-state index contributed by atoms with van der Waals surface area (Å²) in [6.07, 6.45) is 0. The maximum absolute atomic E-state index is 10.7. The summed E-state index contributed by atoms with van der Waals surface area (Å²) in [6, 6.07) is 0. The van der Waals surface area contributed by atoms with Gasteiger partial charge in [0.1, 0.15) is 5.71 Å². The molecule has 0 aliphatic rings. The molecular formula is C6H9NO4. The first kappa shape index (κ1) is 9.61. The first-order valence-electron chi connectivity index (χ1n) is 2.93. The van der Waals surface area contributed by atoms with E-state index >= 15 is 0 Å². The fourth-order valence-electron chi connectivity index (χ4n) is 0.327. The zero-order valence-corrected chi connectivity index (χ0v) is 6.33. The number of nitrogens with zero attached hydrogens (tertiary/aromatic N) is 1. The first-order chi connectivity index (χ1) is 5.07. The summed E-state index contributed by atoms with van der Waals surface area (Å²) < 4.78 is 4.35. The van der Waals surface area contributed by atoms with Gasteiger partial charge >= 0.3 is 5.97 Å². The highest BCUT2D eigenvalue weighted by molar-refractivity contribution is 6.39. The smallest absolute Gasteiger partial charge is 0.303 e. The van der Waals surface area contributed by atoms with Crippen molar-refractivity contribution in [1.82, 2.24) is 0 Å². The SMILES string of the molecule is CC(=O)OCC(=O)C(C)=NO. The van der Waals surface area contributed by atoms with Gasteiger partial charge in [0, 0.05) is 6.92 Å². The second-order valence-corrected chi connectivity index (χ2v) is 1.89. The van der Waals surface area contributed by atoms with E-state index in [1.807, 2.05) is 0 Å². The number of ketones is 1. The van der Waals surface area contributed by atoms with Gasteiger partial charge in [-0.2, -0.15) is 0 Å². The summed E-state index contributed by atoms with van der Waals surface area (Å²) in [5.41, 5.74) is -0.0775. The van der Waals surface area contributed by atoms with E-state index in [2.05, 4.69) is 9.89 Å². The van der Waals surface area contributed by atoms with Crippen LogP contribution >= 0.6 is 0 Å². The third-order valence-corrected chi connectivity index (χ3v) is 0.960. The Labute approximate surface area is 63.6 Å². The summed E-state index contributed by atoms with van der Waals surface area (Å²) in [6.45, 7) is 2.15. The van der Waals surface area contributed by atoms with Crippen LogP contribution in [0.25, 0.3) is 0 Å². The van der Waals surface area contributed by atoms with Crippen molar-refractivity contribution in [3.8, 4) is 0 Å². The molecule has 0 saturated heterocycles. The van der Waals surface area contributed by atoms with E-state index in [1.165, 1.54) is 13.8 Å². The minimum atomic E-state index is -0.538. The molecule has 0 aliphatic heterocycles. The van der Waals surface area contributed by atoms with Crippen LogP contribution in [-0.4, -0.2) is 29.3 Å². The van der Waals surface area contributed by atoms with E-state index in [1.54, 1.807) is 0 Å². The van der Waals surface area contributed by atoms with Crippen molar-refractivity contribution < 1.29 is 19.5 Å². The van der Waals surface area contributed by atoms with Crippen LogP contribution in [0.4, 0.5) is 0 Å². The van der Waals surface area contributed by atoms with Crippen molar-refractivity contribution in [2.24, 2.45) is 5.16 Å². The lowest BCUT2D eigenvalue weighted by molar-refractivity contribution is -0.144. The molecule has 0 rings (SSSR count). The van der Waals surface area contributed by atoms with Crippen molar-refractivity contribution in [2.75, 3.05) is 6.61 Å². The van der Waals surface area contributed by atoms with Gasteiger partial charge in [-0.25, -0.2) is 0 Å². The lowest BCUT2D eigenvalue weighted by atomic mass is 10.3. The summed E-state index contributed by atoms with van der Waals surface area (Å²) in [5.74, 6) is -1.05. The number of hydrogen-bond acceptors (Lipinski definition) is 5. The van der Waals surface area contributed by atoms with Gasteiger partial charge in [-0.15, -0.1) is 0 Å². The number of ether oxygens (including phenoxy) is 1. The second kappa shape index (κ2) is 4.43. The predicted octanol–water partition coefficient (Wildman–Crippen LogP) is -0.0313. The lowest BCUT2D eigenvalue weighted by Gasteiger charge is -1.97. The minimum Gasteiger partial charge on any atom is -0.457 e. The molecule has 0 unspecified atom stereocenters. The van der Waals surface area contributed by atoms with Crippen LogP contribution < -0.4 is 0 Å². The van der Waals surface area contributed by atoms with Gasteiger partial charge < -0.3 is 9.94 Å². The first-order valence-corrected chi connectivity index (χ1v) is 2.93. The summed E-state index contributed by atoms with van der Waals surface area (Å²) in [5, 5.41) is 10.7. The van der Waals surface area contributed by atoms with Gasteiger partial charge in [0.15, 0.2) is 6.61 Å². The molecule has 0 amide bonds. The van der Waals surface area contributed by atoms with Gasteiger partial charge in [0.2, 0.25) is 5.78 Å². The Hall–Kier alpha value is -1.39. The molecule has 5 nitrogen and oxygen atoms in total. The van der Waals surface area contributed by atoms with Gasteiger partial charge in [0.25, 0.3) is 0 Å². The number of carbonyl (C=O) groups excluding carboxylic acids is 2. The summed E-state index contributed by atoms with van der Waals surface area (Å²) in [7, 11) is 0. The van der Waals surface area contributed by atoms with E-state index in [-0.39, 0.29) is 12.3 Å². The Morgan fingerprint density at radius 2 is 2.00 bits per heavy atom. The molecule has 62 valence electrons. The van der Waals surface area contributed by atoms with Crippen molar-refractivity contribution in [3.05, 3.63) is 0 Å². The molecule has 0 heterocycles. The number of Topliss-reactive ketones (excluding diaryl/α,β-unsaturated/α-hetero) is 1. The maximum Gasteiger partial charge on any atom is 0.303 e. The van der Waals surface area contributed by atoms with Crippen LogP contribution in [0.2, 0.25) is 0 Å². The second-order valence-electron chi connectivity index (χ2n) is 1.89. The van der Waals surface area contributed by atoms with Crippen molar-refractivity contribution in [1.29, 1.82) is 0 Å². The molecule has 0 spiro atoms. The van der Waals surface area contributed by atoms with Crippen molar-refractivity contribution >= 4 is 17.5 Å². The van der Waals surface area contributed by atoms with E-state index in [9.17, 15) is 9.59 Å². The average Bonchev–Trinajstić information content (AvgIpc) is 1.98. The molecule has 0 fully saturated rings. The van der Waals surface area contributed by atoms with Crippen LogP contribution in [0.15, 0.2) is 5.16 Å². The number of esters is 1. The lowest BCUT2D eigenvalue weighted by Crippen LogP contribution is -2.18. The molecule has 0 saturated carbocycles. The average molecular weight is 159 g/mol. The third kappa shape index (κ3) is 4.07. The number of rotatable bonds is 3. The molecule has 5 heteroatoms. The van der Waals surface area contributed by atoms with Gasteiger partial charge in [0.05, 0.1) is 0 Å². The number of oxime groups is 1. The molecule has 0 aromatic carbocycles. The van der Waals surface area contributed by atoms with Gasteiger partial charge in [-0.3, -0.25) is 9.59 Å². The van der Waals surface area contributed by atoms with Crippen LogP contribution in [-0.2, 0) is 14.3 Å². The Balaban J connectivity index is 3.80. The molecule has 0 bridgehead atoms. The molecule has 0 radical (unpaired) electrons. The zero-order valence-electron chi connectivity index (χ0n) is 6.33. The summed E-state index contributed by atoms with van der Waals surface area (Å²) >= 11 is 0. The quantitative estimate of drug-likeness (QED) is 0.271. The van der Waals surface area contributed by atoms with Gasteiger partial charge in [-0.05, 0) is 6.92 Å². The largest absolute Gasteiger partial charge is 0.457 e. The Bertz CT molecular complexity index is 197. The van der Waals surface area contributed by atoms with E-state index < -0.39 is 11.8 Å². The fraction of sp³-hybridized carbons (Fsp3) is 0.500. The topological polar surface area (TPSA) is 76.0 Å². The molecule has 11 heavy (non-hydrogen) atoms. The Morgan fingerprint density at radius 3 is 2.36 bits per heavy atom. The molecule has 0 aliphatic carbocycles. The highest BCUT2D eigenvalue weighted by Gasteiger charge is 2.07. The Kier molecular flexibility index (Phi) is 3.87. The zero-order chi connectivity index (χ0) is 8.85. The van der Waals surface area contributed by atoms with E-state index in [4.69, 9.17) is 5.21 Å². The molecular weight excluding hydrogens is 150 g/mol. The molecule has 0 aromatic rings. The third-order valence-electron chi connectivity index (χ3n) is 0.960.